The highest BCUT2D eigenvalue weighted by Crippen LogP contribution is 2.36. The summed E-state index contributed by atoms with van der Waals surface area (Å²) in [5.74, 6) is -1.29. The van der Waals surface area contributed by atoms with E-state index in [-0.39, 0.29) is 17.7 Å². The number of piperidine rings is 1. The normalized spacial score (nSPS) is 25.8. The summed E-state index contributed by atoms with van der Waals surface area (Å²) in [6.45, 7) is 0. The highest BCUT2D eigenvalue weighted by molar-refractivity contribution is 6.05. The Labute approximate surface area is 109 Å². The summed E-state index contributed by atoms with van der Waals surface area (Å²) < 4.78 is 0. The standard InChI is InChI=1S/C13H13N3O3/c14-8-3-1-2-6-10(8)13(19)16-11(6)7-4-5-9(17)15-12(7)18/h1-3,7,11H,4-5,14H2,(H,16,19)(H,15,17,18). The summed E-state index contributed by atoms with van der Waals surface area (Å²) in [7, 11) is 0. The van der Waals surface area contributed by atoms with Gasteiger partial charge in [0.25, 0.3) is 5.91 Å². The number of nitrogens with two attached hydrogens (primary N) is 1. The number of carbonyl (C=O) groups excluding carboxylic acids is 3. The number of amides is 3. The third-order valence-electron chi connectivity index (χ3n) is 3.66. The van der Waals surface area contributed by atoms with Gasteiger partial charge in [0.1, 0.15) is 0 Å². The average Bonchev–Trinajstić information content (AvgIpc) is 2.68. The van der Waals surface area contributed by atoms with E-state index in [1.807, 2.05) is 0 Å². The van der Waals surface area contributed by atoms with Crippen molar-refractivity contribution in [3.63, 3.8) is 0 Å². The molecule has 0 spiro atoms. The van der Waals surface area contributed by atoms with E-state index in [1.165, 1.54) is 0 Å². The van der Waals surface area contributed by atoms with Crippen LogP contribution >= 0.6 is 0 Å². The Hall–Kier alpha value is -2.37. The van der Waals surface area contributed by atoms with E-state index in [9.17, 15) is 14.4 Å². The van der Waals surface area contributed by atoms with E-state index in [2.05, 4.69) is 10.6 Å². The first-order valence-corrected chi connectivity index (χ1v) is 6.11. The molecule has 1 aromatic carbocycles. The molecule has 2 atom stereocenters. The van der Waals surface area contributed by atoms with Gasteiger partial charge in [-0.25, -0.2) is 0 Å². The van der Waals surface area contributed by atoms with Crippen LogP contribution in [0.4, 0.5) is 5.69 Å². The molecule has 2 heterocycles. The Morgan fingerprint density at radius 3 is 2.74 bits per heavy atom. The van der Waals surface area contributed by atoms with Crippen LogP contribution in [0.15, 0.2) is 18.2 Å². The summed E-state index contributed by atoms with van der Waals surface area (Å²) >= 11 is 0. The molecule has 0 aliphatic carbocycles. The van der Waals surface area contributed by atoms with Crippen molar-refractivity contribution in [1.82, 2.24) is 10.6 Å². The predicted octanol–water partition coefficient (Wildman–Crippen LogP) is 0.106. The van der Waals surface area contributed by atoms with Crippen LogP contribution < -0.4 is 16.4 Å². The third kappa shape index (κ3) is 1.76. The van der Waals surface area contributed by atoms with E-state index < -0.39 is 12.0 Å². The molecule has 2 aliphatic rings. The molecule has 0 radical (unpaired) electrons. The quantitative estimate of drug-likeness (QED) is 0.492. The summed E-state index contributed by atoms with van der Waals surface area (Å²) in [5.41, 5.74) is 7.38. The molecule has 6 nitrogen and oxygen atoms in total. The van der Waals surface area contributed by atoms with Gasteiger partial charge in [-0.05, 0) is 18.1 Å². The van der Waals surface area contributed by atoms with Crippen LogP contribution in [-0.4, -0.2) is 17.7 Å². The van der Waals surface area contributed by atoms with Gasteiger partial charge in [-0.1, -0.05) is 12.1 Å². The lowest BCUT2D eigenvalue weighted by Crippen LogP contribution is -2.45. The topological polar surface area (TPSA) is 101 Å². The van der Waals surface area contributed by atoms with Crippen LogP contribution in [0.2, 0.25) is 0 Å². The highest BCUT2D eigenvalue weighted by Gasteiger charge is 2.40. The van der Waals surface area contributed by atoms with Gasteiger partial charge in [0.2, 0.25) is 11.8 Å². The van der Waals surface area contributed by atoms with Crippen LogP contribution in [0.3, 0.4) is 0 Å². The molecule has 1 fully saturated rings. The molecule has 1 saturated heterocycles. The summed E-state index contributed by atoms with van der Waals surface area (Å²) in [4.78, 5) is 35.0. The molecule has 0 saturated carbocycles. The SMILES string of the molecule is Nc1cccc2c1C(=O)NC2C1CCC(=O)NC1=O. The average molecular weight is 259 g/mol. The van der Waals surface area contributed by atoms with Crippen LogP contribution in [-0.2, 0) is 9.59 Å². The highest BCUT2D eigenvalue weighted by atomic mass is 16.2. The molecule has 2 unspecified atom stereocenters. The second kappa shape index (κ2) is 4.08. The Bertz CT molecular complexity index is 597. The Morgan fingerprint density at radius 2 is 2.00 bits per heavy atom. The number of anilines is 1. The second-order valence-electron chi connectivity index (χ2n) is 4.82. The number of nitrogen functional groups attached to an aromatic ring is 1. The molecular formula is C13H13N3O3. The predicted molar refractivity (Wildman–Crippen MR) is 66.9 cm³/mol. The number of hydrogen-bond donors (Lipinski definition) is 3. The molecular weight excluding hydrogens is 246 g/mol. The third-order valence-corrected chi connectivity index (χ3v) is 3.66. The molecule has 0 bridgehead atoms. The molecule has 6 heteroatoms. The lowest BCUT2D eigenvalue weighted by atomic mass is 9.86. The maximum atomic E-state index is 11.9. The van der Waals surface area contributed by atoms with Crippen LogP contribution in [0.25, 0.3) is 0 Å². The van der Waals surface area contributed by atoms with Crippen molar-refractivity contribution >= 4 is 23.4 Å². The van der Waals surface area contributed by atoms with Crippen molar-refractivity contribution in [2.45, 2.75) is 18.9 Å². The number of imide groups is 1. The number of rotatable bonds is 1. The van der Waals surface area contributed by atoms with Crippen LogP contribution in [0.5, 0.6) is 0 Å². The number of hydrogen-bond acceptors (Lipinski definition) is 4. The van der Waals surface area contributed by atoms with E-state index in [1.54, 1.807) is 18.2 Å². The fraction of sp³-hybridized carbons (Fsp3) is 0.308. The van der Waals surface area contributed by atoms with Gasteiger partial charge in [-0.15, -0.1) is 0 Å². The van der Waals surface area contributed by atoms with E-state index in [0.717, 1.165) is 5.56 Å². The first-order chi connectivity index (χ1) is 9.08. The zero-order valence-electron chi connectivity index (χ0n) is 10.1. The van der Waals surface area contributed by atoms with Crippen molar-refractivity contribution in [2.24, 2.45) is 5.92 Å². The van der Waals surface area contributed by atoms with Crippen molar-refractivity contribution in [3.8, 4) is 0 Å². The van der Waals surface area contributed by atoms with Gasteiger partial charge in [0, 0.05) is 12.1 Å². The number of nitrogens with one attached hydrogen (secondary N) is 2. The zero-order chi connectivity index (χ0) is 13.6. The molecule has 0 aromatic heterocycles. The number of benzene rings is 1. The smallest absolute Gasteiger partial charge is 0.254 e. The van der Waals surface area contributed by atoms with Crippen molar-refractivity contribution in [1.29, 1.82) is 0 Å². The Morgan fingerprint density at radius 1 is 1.21 bits per heavy atom. The second-order valence-corrected chi connectivity index (χ2v) is 4.82. The molecule has 2 aliphatic heterocycles. The maximum Gasteiger partial charge on any atom is 0.254 e. The first-order valence-electron chi connectivity index (χ1n) is 6.11. The minimum absolute atomic E-state index is 0.261. The molecule has 3 amide bonds. The van der Waals surface area contributed by atoms with Crippen LogP contribution in [0.1, 0.15) is 34.8 Å². The van der Waals surface area contributed by atoms with Gasteiger partial charge < -0.3 is 11.1 Å². The van der Waals surface area contributed by atoms with Crippen molar-refractivity contribution in [3.05, 3.63) is 29.3 Å². The minimum Gasteiger partial charge on any atom is -0.398 e. The summed E-state index contributed by atoms with van der Waals surface area (Å²) in [6, 6.07) is 4.80. The lowest BCUT2D eigenvalue weighted by molar-refractivity contribution is -0.137. The van der Waals surface area contributed by atoms with E-state index in [4.69, 9.17) is 5.73 Å². The van der Waals surface area contributed by atoms with Gasteiger partial charge in [-0.3, -0.25) is 19.7 Å². The van der Waals surface area contributed by atoms with Gasteiger partial charge >= 0.3 is 0 Å². The molecule has 98 valence electrons. The fourth-order valence-corrected chi connectivity index (χ4v) is 2.75. The Balaban J connectivity index is 1.97. The first kappa shape index (κ1) is 11.7. The van der Waals surface area contributed by atoms with Gasteiger partial charge in [0.15, 0.2) is 0 Å². The largest absolute Gasteiger partial charge is 0.398 e. The van der Waals surface area contributed by atoms with Gasteiger partial charge in [0.05, 0.1) is 17.5 Å². The van der Waals surface area contributed by atoms with Crippen LogP contribution in [0, 0.1) is 5.92 Å². The lowest BCUT2D eigenvalue weighted by Gasteiger charge is -2.26. The van der Waals surface area contributed by atoms with Crippen molar-refractivity contribution in [2.75, 3.05) is 5.73 Å². The summed E-state index contributed by atoms with van der Waals surface area (Å²) in [5, 5.41) is 5.09. The van der Waals surface area contributed by atoms with Gasteiger partial charge in [-0.2, -0.15) is 0 Å². The molecule has 19 heavy (non-hydrogen) atoms. The maximum absolute atomic E-state index is 11.9. The monoisotopic (exact) mass is 259 g/mol. The number of carbonyl (C=O) groups is 3. The Kier molecular flexibility index (Phi) is 2.51. The number of fused-ring (bicyclic) bond motifs is 1. The minimum atomic E-state index is -0.426. The molecule has 1 aromatic rings. The molecule has 4 N–H and O–H groups in total. The molecule has 3 rings (SSSR count). The zero-order valence-corrected chi connectivity index (χ0v) is 10.1. The van der Waals surface area contributed by atoms with Crippen molar-refractivity contribution < 1.29 is 14.4 Å². The van der Waals surface area contributed by atoms with E-state index >= 15 is 0 Å². The fourth-order valence-electron chi connectivity index (χ4n) is 2.75. The summed E-state index contributed by atoms with van der Waals surface area (Å²) in [6.07, 6.45) is 0.726. The van der Waals surface area contributed by atoms with E-state index in [0.29, 0.717) is 24.1 Å².